The highest BCUT2D eigenvalue weighted by Crippen LogP contribution is 2.13. The van der Waals surface area contributed by atoms with Crippen LogP contribution in [0, 0.1) is 0 Å². The van der Waals surface area contributed by atoms with Gasteiger partial charge in [-0.1, -0.05) is 83.3 Å². The van der Waals surface area contributed by atoms with Crippen molar-refractivity contribution in [2.45, 2.75) is 31.8 Å². The molecule has 2 aromatic carbocycles. The molecule has 0 aliphatic carbocycles. The molecule has 0 amide bonds. The van der Waals surface area contributed by atoms with Crippen molar-refractivity contribution in [1.82, 2.24) is 0 Å². The molecule has 0 unspecified atom stereocenters. The third kappa shape index (κ3) is 6.76. The summed E-state index contributed by atoms with van der Waals surface area (Å²) in [5, 5.41) is 0. The van der Waals surface area contributed by atoms with Gasteiger partial charge in [-0.05, 0) is 36.8 Å². The summed E-state index contributed by atoms with van der Waals surface area (Å²) in [4.78, 5) is 0. The maximum Gasteiger partial charge on any atom is 0.240 e. The molecule has 2 rings (SSSR count). The van der Waals surface area contributed by atoms with Gasteiger partial charge in [0, 0.05) is 10.2 Å². The molecule has 21 heavy (non-hydrogen) atoms. The van der Waals surface area contributed by atoms with Crippen LogP contribution in [-0.4, -0.2) is 19.9 Å². The number of hydrogen-bond acceptors (Lipinski definition) is 1. The third-order valence-electron chi connectivity index (χ3n) is 3.50. The van der Waals surface area contributed by atoms with E-state index >= 15 is 0 Å². The second-order valence-electron chi connectivity index (χ2n) is 5.07. The number of alkyl halides is 1. The van der Waals surface area contributed by atoms with Crippen molar-refractivity contribution in [3.8, 4) is 0 Å². The minimum Gasteiger partial charge on any atom is -0.414 e. The Labute approximate surface area is 144 Å². The topological polar surface area (TPSA) is 9.23 Å². The lowest BCUT2D eigenvalue weighted by molar-refractivity contribution is 0.192. The highest BCUT2D eigenvalue weighted by molar-refractivity contribution is 14.1. The Hall–Kier alpha value is -0.653. The van der Waals surface area contributed by atoms with E-state index in [1.807, 2.05) is 0 Å². The molecule has 2 aromatic rings. The molecule has 110 valence electrons. The molecule has 0 spiro atoms. The van der Waals surface area contributed by atoms with Gasteiger partial charge in [-0.25, -0.2) is 0 Å². The summed E-state index contributed by atoms with van der Waals surface area (Å²) in [6.45, 7) is 0. The van der Waals surface area contributed by atoms with Gasteiger partial charge < -0.3 is 4.43 Å². The minimum absolute atomic E-state index is 0.374. The van der Waals surface area contributed by atoms with Crippen molar-refractivity contribution >= 4 is 32.4 Å². The van der Waals surface area contributed by atoms with Gasteiger partial charge in [0.05, 0.1) is 0 Å². The summed E-state index contributed by atoms with van der Waals surface area (Å²) in [5.74, 6) is 0. The summed E-state index contributed by atoms with van der Waals surface area (Å²) in [7, 11) is 0.617. The molecular formula is C18H21IOSi. The fourth-order valence-corrected chi connectivity index (χ4v) is 3.43. The van der Waals surface area contributed by atoms with Crippen molar-refractivity contribution in [2.75, 3.05) is 4.05 Å². The van der Waals surface area contributed by atoms with Crippen LogP contribution in [0.2, 0.25) is 0 Å². The van der Waals surface area contributed by atoms with Crippen LogP contribution < -0.4 is 0 Å². The van der Waals surface area contributed by atoms with E-state index in [1.165, 1.54) is 11.1 Å². The zero-order valence-electron chi connectivity index (χ0n) is 12.2. The molecular weight excluding hydrogens is 387 g/mol. The van der Waals surface area contributed by atoms with Crippen molar-refractivity contribution in [3.05, 3.63) is 71.8 Å². The average molecular weight is 408 g/mol. The quantitative estimate of drug-likeness (QED) is 0.334. The first-order chi connectivity index (χ1) is 10.4. The molecule has 0 aliphatic heterocycles. The fourth-order valence-electron chi connectivity index (χ4n) is 2.36. The maximum atomic E-state index is 6.06. The number of rotatable bonds is 9. The fraction of sp³-hybridized carbons (Fsp3) is 0.333. The first-order valence-electron chi connectivity index (χ1n) is 7.41. The normalized spacial score (nSPS) is 11.0. The van der Waals surface area contributed by atoms with Gasteiger partial charge in [0.2, 0.25) is 9.76 Å². The zero-order valence-corrected chi connectivity index (χ0v) is 15.3. The smallest absolute Gasteiger partial charge is 0.240 e. The van der Waals surface area contributed by atoms with Gasteiger partial charge in [0.25, 0.3) is 0 Å². The predicted octanol–water partition coefficient (Wildman–Crippen LogP) is 4.65. The van der Waals surface area contributed by atoms with Crippen LogP contribution in [0.25, 0.3) is 0 Å². The number of halogens is 1. The third-order valence-corrected chi connectivity index (χ3v) is 5.04. The Bertz CT molecular complexity index is 446. The van der Waals surface area contributed by atoms with Crippen molar-refractivity contribution in [3.63, 3.8) is 0 Å². The lowest BCUT2D eigenvalue weighted by atomic mass is 10.0. The highest BCUT2D eigenvalue weighted by atomic mass is 127. The molecule has 0 saturated heterocycles. The Morgan fingerprint density at radius 2 is 1.29 bits per heavy atom. The van der Waals surface area contributed by atoms with Crippen LogP contribution in [-0.2, 0) is 17.3 Å². The van der Waals surface area contributed by atoms with Gasteiger partial charge in [-0.15, -0.1) is 0 Å². The van der Waals surface area contributed by atoms with Gasteiger partial charge in [-0.2, -0.15) is 0 Å². The number of aryl methyl sites for hydroxylation is 2. The van der Waals surface area contributed by atoms with Crippen molar-refractivity contribution in [1.29, 1.82) is 0 Å². The summed E-state index contributed by atoms with van der Waals surface area (Å²) < 4.78 is 7.14. The number of hydrogen-bond donors (Lipinski definition) is 0. The SMILES string of the molecule is IC[Si]OC(CCc1ccccc1)CCc1ccccc1. The molecule has 1 nitrogen and oxygen atoms in total. The second-order valence-corrected chi connectivity index (χ2v) is 8.15. The summed E-state index contributed by atoms with van der Waals surface area (Å²) in [6, 6.07) is 21.4. The summed E-state index contributed by atoms with van der Waals surface area (Å²) in [5.41, 5.74) is 2.81. The van der Waals surface area contributed by atoms with E-state index in [0.29, 0.717) is 15.9 Å². The van der Waals surface area contributed by atoms with Crippen molar-refractivity contribution in [2.24, 2.45) is 0 Å². The molecule has 0 aromatic heterocycles. The van der Waals surface area contributed by atoms with Crippen LogP contribution in [0.1, 0.15) is 24.0 Å². The lowest BCUT2D eigenvalue weighted by Gasteiger charge is -2.17. The summed E-state index contributed by atoms with van der Waals surface area (Å²) in [6.07, 6.45) is 4.80. The molecule has 2 radical (unpaired) electrons. The molecule has 0 aliphatic rings. The largest absolute Gasteiger partial charge is 0.414 e. The van der Waals surface area contributed by atoms with Crippen LogP contribution in [0.15, 0.2) is 60.7 Å². The van der Waals surface area contributed by atoms with E-state index in [0.717, 1.165) is 29.7 Å². The van der Waals surface area contributed by atoms with Crippen LogP contribution in [0.4, 0.5) is 0 Å². The molecule has 0 N–H and O–H groups in total. The van der Waals surface area contributed by atoms with E-state index in [9.17, 15) is 0 Å². The highest BCUT2D eigenvalue weighted by Gasteiger charge is 2.10. The van der Waals surface area contributed by atoms with E-state index in [4.69, 9.17) is 4.43 Å². The van der Waals surface area contributed by atoms with E-state index in [1.54, 1.807) is 0 Å². The van der Waals surface area contributed by atoms with Crippen LogP contribution in [0.5, 0.6) is 0 Å². The molecule has 0 fully saturated rings. The van der Waals surface area contributed by atoms with Crippen LogP contribution in [0.3, 0.4) is 0 Å². The minimum atomic E-state index is 0.374. The molecule has 0 bridgehead atoms. The average Bonchev–Trinajstić information content (AvgIpc) is 2.56. The lowest BCUT2D eigenvalue weighted by Crippen LogP contribution is -2.18. The van der Waals surface area contributed by atoms with E-state index < -0.39 is 0 Å². The molecule has 0 atom stereocenters. The number of benzene rings is 2. The van der Waals surface area contributed by atoms with Crippen LogP contribution >= 0.6 is 22.6 Å². The molecule has 0 heterocycles. The van der Waals surface area contributed by atoms with E-state index in [-0.39, 0.29) is 0 Å². The van der Waals surface area contributed by atoms with Gasteiger partial charge in [-0.3, -0.25) is 0 Å². The van der Waals surface area contributed by atoms with Gasteiger partial charge in [0.1, 0.15) is 0 Å². The standard InChI is InChI=1S/C18H21IOSi/c19-15-21-20-18(13-11-16-7-3-1-4-8-16)14-12-17-9-5-2-6-10-17/h1-10,18H,11-15H2. The van der Waals surface area contributed by atoms with E-state index in [2.05, 4.69) is 83.3 Å². The molecule has 0 saturated carbocycles. The predicted molar refractivity (Wildman–Crippen MR) is 99.0 cm³/mol. The summed E-state index contributed by atoms with van der Waals surface area (Å²) >= 11 is 2.39. The van der Waals surface area contributed by atoms with Gasteiger partial charge in [0.15, 0.2) is 0 Å². The first kappa shape index (κ1) is 16.7. The maximum absolute atomic E-state index is 6.06. The Balaban J connectivity index is 1.82. The van der Waals surface area contributed by atoms with Crippen molar-refractivity contribution < 1.29 is 4.43 Å². The zero-order chi connectivity index (χ0) is 14.8. The first-order valence-corrected chi connectivity index (χ1v) is 10.0. The molecule has 3 heteroatoms. The Morgan fingerprint density at radius 3 is 1.71 bits per heavy atom. The van der Waals surface area contributed by atoms with Gasteiger partial charge >= 0.3 is 0 Å². The Morgan fingerprint density at radius 1 is 0.810 bits per heavy atom. The monoisotopic (exact) mass is 408 g/mol. The Kier molecular flexibility index (Phi) is 8.07. The second kappa shape index (κ2) is 10.1.